The van der Waals surface area contributed by atoms with Crippen molar-refractivity contribution in [3.8, 4) is 5.75 Å². The molecule has 0 aliphatic rings. The molecule has 3 aromatic rings. The van der Waals surface area contributed by atoms with E-state index in [-0.39, 0.29) is 0 Å². The largest absolute Gasteiger partial charge is 0.497 e. The Balaban J connectivity index is 1.86. The topological polar surface area (TPSA) is 89.7 Å². The lowest BCUT2D eigenvalue weighted by Gasteiger charge is -1.98. The maximum Gasteiger partial charge on any atom is 0.172 e. The van der Waals surface area contributed by atoms with Crippen LogP contribution >= 0.6 is 11.8 Å². The fraction of sp³-hybridized carbons (Fsp3) is 0.154. The maximum atomic E-state index is 5.49. The second-order valence-corrected chi connectivity index (χ2v) is 5.09. The first kappa shape index (κ1) is 12.9. The lowest BCUT2D eigenvalue weighted by Crippen LogP contribution is -2.00. The van der Waals surface area contributed by atoms with E-state index in [9.17, 15) is 0 Å². The zero-order chi connectivity index (χ0) is 13.9. The summed E-state index contributed by atoms with van der Waals surface area (Å²) in [6, 6.07) is 5.71. The van der Waals surface area contributed by atoms with Crippen LogP contribution in [0.25, 0.3) is 11.0 Å². The highest BCUT2D eigenvalue weighted by Crippen LogP contribution is 2.26. The number of aromatic nitrogens is 4. The Kier molecular flexibility index (Phi) is 3.53. The quantitative estimate of drug-likeness (QED) is 0.762. The van der Waals surface area contributed by atoms with E-state index in [4.69, 9.17) is 10.5 Å². The first-order chi connectivity index (χ1) is 9.78. The van der Waals surface area contributed by atoms with E-state index in [1.54, 1.807) is 19.5 Å². The van der Waals surface area contributed by atoms with Gasteiger partial charge in [0.25, 0.3) is 0 Å². The summed E-state index contributed by atoms with van der Waals surface area (Å²) in [6.45, 7) is 0.391. The number of nitrogens with zero attached hydrogens (tertiary/aromatic N) is 3. The number of benzene rings is 1. The Labute approximate surface area is 119 Å². The van der Waals surface area contributed by atoms with Gasteiger partial charge in [-0.15, -0.1) is 0 Å². The van der Waals surface area contributed by atoms with Gasteiger partial charge in [-0.3, -0.25) is 4.98 Å². The summed E-state index contributed by atoms with van der Waals surface area (Å²) in [6.07, 6.45) is 3.37. The minimum absolute atomic E-state index is 0.391. The summed E-state index contributed by atoms with van der Waals surface area (Å²) in [5.74, 6) is 0.796. The fourth-order valence-electron chi connectivity index (χ4n) is 1.74. The molecular weight excluding hydrogens is 274 g/mol. The molecule has 0 atom stereocenters. The zero-order valence-electron chi connectivity index (χ0n) is 10.8. The molecule has 0 radical (unpaired) electrons. The van der Waals surface area contributed by atoms with E-state index in [1.165, 1.54) is 11.8 Å². The summed E-state index contributed by atoms with van der Waals surface area (Å²) >= 11 is 1.42. The van der Waals surface area contributed by atoms with Gasteiger partial charge in [0.2, 0.25) is 0 Å². The Morgan fingerprint density at radius 1 is 1.30 bits per heavy atom. The standard InChI is InChI=1S/C13H13N5OS/c1-19-9-2-3-10-11(4-9)18-13(17-10)20-12-7-15-8(5-14)6-16-12/h2-4,6-7H,5,14H2,1H3,(H,17,18). The number of methoxy groups -OCH3 is 1. The van der Waals surface area contributed by atoms with Gasteiger partial charge in [-0.05, 0) is 23.9 Å². The van der Waals surface area contributed by atoms with Crippen molar-refractivity contribution in [2.45, 2.75) is 16.7 Å². The van der Waals surface area contributed by atoms with E-state index in [2.05, 4.69) is 19.9 Å². The van der Waals surface area contributed by atoms with Gasteiger partial charge in [0, 0.05) is 12.6 Å². The number of rotatable bonds is 4. The highest BCUT2D eigenvalue weighted by atomic mass is 32.2. The van der Waals surface area contributed by atoms with Crippen LogP contribution in [0, 0.1) is 0 Å². The van der Waals surface area contributed by atoms with Gasteiger partial charge in [0.05, 0.1) is 36.2 Å². The molecule has 0 fully saturated rings. The molecule has 0 aliphatic carbocycles. The smallest absolute Gasteiger partial charge is 0.172 e. The third-order valence-corrected chi connectivity index (χ3v) is 3.57. The van der Waals surface area contributed by atoms with Gasteiger partial charge >= 0.3 is 0 Å². The number of nitrogens with two attached hydrogens (primary N) is 1. The molecule has 0 bridgehead atoms. The lowest BCUT2D eigenvalue weighted by atomic mass is 10.3. The van der Waals surface area contributed by atoms with Crippen molar-refractivity contribution in [3.05, 3.63) is 36.3 Å². The minimum atomic E-state index is 0.391. The minimum Gasteiger partial charge on any atom is -0.497 e. The molecule has 6 nitrogen and oxygen atoms in total. The van der Waals surface area contributed by atoms with Gasteiger partial charge < -0.3 is 15.5 Å². The Morgan fingerprint density at radius 2 is 2.20 bits per heavy atom. The summed E-state index contributed by atoms with van der Waals surface area (Å²) in [4.78, 5) is 16.2. The molecule has 7 heteroatoms. The molecule has 0 aliphatic heterocycles. The Morgan fingerprint density at radius 3 is 2.90 bits per heavy atom. The van der Waals surface area contributed by atoms with Crippen LogP contribution in [-0.2, 0) is 6.54 Å². The average molecular weight is 287 g/mol. The normalized spacial score (nSPS) is 10.9. The summed E-state index contributed by atoms with van der Waals surface area (Å²) < 4.78 is 5.19. The number of ether oxygens (including phenoxy) is 1. The Hall–Kier alpha value is -2.12. The van der Waals surface area contributed by atoms with Crippen LogP contribution in [0.15, 0.2) is 40.8 Å². The molecule has 20 heavy (non-hydrogen) atoms. The van der Waals surface area contributed by atoms with Crippen molar-refractivity contribution in [1.82, 2.24) is 19.9 Å². The van der Waals surface area contributed by atoms with Crippen molar-refractivity contribution in [2.24, 2.45) is 5.73 Å². The van der Waals surface area contributed by atoms with E-state index < -0.39 is 0 Å². The van der Waals surface area contributed by atoms with Crippen molar-refractivity contribution in [2.75, 3.05) is 7.11 Å². The molecule has 1 aromatic carbocycles. The second kappa shape index (κ2) is 5.48. The lowest BCUT2D eigenvalue weighted by molar-refractivity contribution is 0.415. The molecule has 2 aromatic heterocycles. The van der Waals surface area contributed by atoms with Crippen molar-refractivity contribution >= 4 is 22.8 Å². The van der Waals surface area contributed by atoms with E-state index in [0.717, 1.165) is 32.7 Å². The van der Waals surface area contributed by atoms with E-state index >= 15 is 0 Å². The number of hydrogen-bond acceptors (Lipinski definition) is 6. The molecule has 3 rings (SSSR count). The zero-order valence-corrected chi connectivity index (χ0v) is 11.6. The van der Waals surface area contributed by atoms with Crippen molar-refractivity contribution in [3.63, 3.8) is 0 Å². The van der Waals surface area contributed by atoms with Crippen LogP contribution in [0.4, 0.5) is 0 Å². The van der Waals surface area contributed by atoms with Gasteiger partial charge in [-0.2, -0.15) is 0 Å². The highest BCUT2D eigenvalue weighted by molar-refractivity contribution is 7.99. The Bertz CT molecular complexity index is 725. The molecule has 3 N–H and O–H groups in total. The first-order valence-electron chi connectivity index (χ1n) is 6.01. The van der Waals surface area contributed by atoms with Crippen LogP contribution < -0.4 is 10.5 Å². The van der Waals surface area contributed by atoms with Crippen LogP contribution in [0.2, 0.25) is 0 Å². The van der Waals surface area contributed by atoms with Crippen molar-refractivity contribution < 1.29 is 4.74 Å². The maximum absolute atomic E-state index is 5.49. The predicted octanol–water partition coefficient (Wildman–Crippen LogP) is 1.97. The molecule has 2 heterocycles. The first-order valence-corrected chi connectivity index (χ1v) is 6.83. The molecule has 0 spiro atoms. The summed E-state index contributed by atoms with van der Waals surface area (Å²) in [5.41, 5.74) is 8.08. The number of hydrogen-bond donors (Lipinski definition) is 2. The summed E-state index contributed by atoms with van der Waals surface area (Å²) in [7, 11) is 1.64. The summed E-state index contributed by atoms with van der Waals surface area (Å²) in [5, 5.41) is 1.54. The molecule has 0 saturated heterocycles. The third kappa shape index (κ3) is 2.59. The van der Waals surface area contributed by atoms with Crippen LogP contribution in [0.5, 0.6) is 5.75 Å². The second-order valence-electron chi connectivity index (χ2n) is 4.08. The van der Waals surface area contributed by atoms with E-state index in [1.807, 2.05) is 18.2 Å². The average Bonchev–Trinajstić information content (AvgIpc) is 2.89. The van der Waals surface area contributed by atoms with E-state index in [0.29, 0.717) is 6.54 Å². The number of H-pyrrole nitrogens is 1. The van der Waals surface area contributed by atoms with Crippen LogP contribution in [-0.4, -0.2) is 27.0 Å². The number of fused-ring (bicyclic) bond motifs is 1. The molecular formula is C13H13N5OS. The third-order valence-electron chi connectivity index (χ3n) is 2.76. The molecule has 0 saturated carbocycles. The van der Waals surface area contributed by atoms with Gasteiger partial charge in [-0.25, -0.2) is 9.97 Å². The van der Waals surface area contributed by atoms with Gasteiger partial charge in [-0.1, -0.05) is 0 Å². The molecule has 0 amide bonds. The number of nitrogens with one attached hydrogen (secondary N) is 1. The van der Waals surface area contributed by atoms with Crippen LogP contribution in [0.1, 0.15) is 5.69 Å². The monoisotopic (exact) mass is 287 g/mol. The molecule has 102 valence electrons. The van der Waals surface area contributed by atoms with Gasteiger partial charge in [0.15, 0.2) is 5.16 Å². The molecule has 0 unspecified atom stereocenters. The number of imidazole rings is 1. The fourth-order valence-corrected chi connectivity index (χ4v) is 2.45. The van der Waals surface area contributed by atoms with Gasteiger partial charge in [0.1, 0.15) is 10.8 Å². The SMILES string of the molecule is COc1ccc2nc(Sc3cnc(CN)cn3)[nH]c2c1. The number of aromatic amines is 1. The predicted molar refractivity (Wildman–Crippen MR) is 76.7 cm³/mol. The van der Waals surface area contributed by atoms with Crippen LogP contribution in [0.3, 0.4) is 0 Å². The van der Waals surface area contributed by atoms with Crippen molar-refractivity contribution in [1.29, 1.82) is 0 Å². The highest BCUT2D eigenvalue weighted by Gasteiger charge is 2.07.